The number of ether oxygens (including phenoxy) is 1. The zero-order valence-electron chi connectivity index (χ0n) is 12.5. The summed E-state index contributed by atoms with van der Waals surface area (Å²) in [6.07, 6.45) is 5.68. The number of rotatable bonds is 5. The van der Waals surface area contributed by atoms with Crippen LogP contribution in [0.25, 0.3) is 11.4 Å². The molecule has 3 rings (SSSR count). The van der Waals surface area contributed by atoms with Crippen molar-refractivity contribution in [3.63, 3.8) is 0 Å². The molecule has 21 heavy (non-hydrogen) atoms. The third kappa shape index (κ3) is 3.14. The first-order valence-corrected chi connectivity index (χ1v) is 7.41. The van der Waals surface area contributed by atoms with E-state index >= 15 is 0 Å². The zero-order chi connectivity index (χ0) is 14.7. The van der Waals surface area contributed by atoms with Gasteiger partial charge in [-0.2, -0.15) is 10.1 Å². The quantitative estimate of drug-likeness (QED) is 0.895. The highest BCUT2D eigenvalue weighted by Crippen LogP contribution is 2.26. The van der Waals surface area contributed by atoms with Crippen LogP contribution >= 0.6 is 0 Å². The van der Waals surface area contributed by atoms with Crippen LogP contribution < -0.4 is 5.32 Å². The molecule has 1 N–H and O–H groups in total. The van der Waals surface area contributed by atoms with Crippen molar-refractivity contribution >= 4 is 0 Å². The van der Waals surface area contributed by atoms with Crippen LogP contribution in [0.4, 0.5) is 0 Å². The lowest BCUT2D eigenvalue weighted by atomic mass is 9.95. The molecule has 0 spiro atoms. The van der Waals surface area contributed by atoms with Crippen LogP contribution in [0, 0.1) is 0 Å². The summed E-state index contributed by atoms with van der Waals surface area (Å²) in [5.41, 5.74) is 0.863. The van der Waals surface area contributed by atoms with Crippen LogP contribution in [0.15, 0.2) is 16.9 Å². The summed E-state index contributed by atoms with van der Waals surface area (Å²) in [7, 11) is 1.87. The van der Waals surface area contributed by atoms with E-state index in [1.54, 1.807) is 10.9 Å². The van der Waals surface area contributed by atoms with Crippen LogP contribution in [0.3, 0.4) is 0 Å². The predicted molar refractivity (Wildman–Crippen MR) is 76.8 cm³/mol. The second-order valence-electron chi connectivity index (χ2n) is 5.39. The lowest BCUT2D eigenvalue weighted by Gasteiger charge is -2.29. The molecule has 1 saturated heterocycles. The Kier molecular flexibility index (Phi) is 4.31. The summed E-state index contributed by atoms with van der Waals surface area (Å²) in [5.74, 6) is 1.34. The Labute approximate surface area is 123 Å². The average Bonchev–Trinajstić information content (AvgIpc) is 3.14. The highest BCUT2D eigenvalue weighted by Gasteiger charge is 2.31. The van der Waals surface area contributed by atoms with E-state index in [0.717, 1.165) is 31.6 Å². The molecule has 7 heteroatoms. The maximum Gasteiger partial charge on any atom is 0.233 e. The standard InChI is InChI=1S/C14H21N5O2/c1-3-5-15-12-4-6-20-9-11(12)14-17-13(18-21-14)10-7-16-19(2)8-10/h7-8,11-12,15H,3-6,9H2,1-2H3. The van der Waals surface area contributed by atoms with Crippen molar-refractivity contribution in [3.05, 3.63) is 18.3 Å². The summed E-state index contributed by atoms with van der Waals surface area (Å²) in [6, 6.07) is 0.334. The molecular weight excluding hydrogens is 270 g/mol. The van der Waals surface area contributed by atoms with Gasteiger partial charge in [0, 0.05) is 25.9 Å². The highest BCUT2D eigenvalue weighted by molar-refractivity contribution is 5.51. The molecule has 0 bridgehead atoms. The second kappa shape index (κ2) is 6.36. The molecule has 0 amide bonds. The molecule has 1 aliphatic rings. The van der Waals surface area contributed by atoms with E-state index in [1.807, 2.05) is 13.2 Å². The van der Waals surface area contributed by atoms with Gasteiger partial charge in [-0.3, -0.25) is 4.68 Å². The van der Waals surface area contributed by atoms with Gasteiger partial charge in [-0.15, -0.1) is 0 Å². The van der Waals surface area contributed by atoms with E-state index in [9.17, 15) is 0 Å². The summed E-state index contributed by atoms with van der Waals surface area (Å²) >= 11 is 0. The predicted octanol–water partition coefficient (Wildman–Crippen LogP) is 1.34. The summed E-state index contributed by atoms with van der Waals surface area (Å²) in [5, 5.41) is 11.7. The second-order valence-corrected chi connectivity index (χ2v) is 5.39. The van der Waals surface area contributed by atoms with Crippen molar-refractivity contribution < 1.29 is 9.26 Å². The van der Waals surface area contributed by atoms with E-state index in [4.69, 9.17) is 9.26 Å². The number of aryl methyl sites for hydroxylation is 1. The highest BCUT2D eigenvalue weighted by atomic mass is 16.5. The Morgan fingerprint density at radius 3 is 3.14 bits per heavy atom. The van der Waals surface area contributed by atoms with E-state index in [2.05, 4.69) is 27.5 Å². The minimum atomic E-state index is 0.114. The summed E-state index contributed by atoms with van der Waals surface area (Å²) in [4.78, 5) is 4.52. The average molecular weight is 291 g/mol. The first-order valence-electron chi connectivity index (χ1n) is 7.41. The van der Waals surface area contributed by atoms with Crippen molar-refractivity contribution in [2.24, 2.45) is 7.05 Å². The monoisotopic (exact) mass is 291 g/mol. The van der Waals surface area contributed by atoms with E-state index < -0.39 is 0 Å². The minimum absolute atomic E-state index is 0.114. The topological polar surface area (TPSA) is 78.0 Å². The Bertz CT molecular complexity index is 579. The maximum absolute atomic E-state index is 5.58. The molecule has 0 aromatic carbocycles. The van der Waals surface area contributed by atoms with Gasteiger partial charge in [-0.25, -0.2) is 0 Å². The van der Waals surface area contributed by atoms with Gasteiger partial charge in [0.25, 0.3) is 0 Å². The van der Waals surface area contributed by atoms with Gasteiger partial charge in [0.05, 0.1) is 24.3 Å². The molecule has 1 aliphatic heterocycles. The van der Waals surface area contributed by atoms with Crippen LogP contribution in [0.1, 0.15) is 31.6 Å². The molecule has 7 nitrogen and oxygen atoms in total. The fourth-order valence-electron chi connectivity index (χ4n) is 2.60. The first kappa shape index (κ1) is 14.2. The van der Waals surface area contributed by atoms with Crippen molar-refractivity contribution in [1.82, 2.24) is 25.2 Å². The van der Waals surface area contributed by atoms with E-state index in [0.29, 0.717) is 24.4 Å². The smallest absolute Gasteiger partial charge is 0.233 e. The van der Waals surface area contributed by atoms with Gasteiger partial charge < -0.3 is 14.6 Å². The molecule has 0 aliphatic carbocycles. The maximum atomic E-state index is 5.58. The van der Waals surface area contributed by atoms with Crippen molar-refractivity contribution in [1.29, 1.82) is 0 Å². The SMILES string of the molecule is CCCNC1CCOCC1c1nc(-c2cnn(C)c2)no1. The van der Waals surface area contributed by atoms with Crippen LogP contribution in [-0.4, -0.2) is 45.7 Å². The van der Waals surface area contributed by atoms with Crippen molar-refractivity contribution in [2.45, 2.75) is 31.7 Å². The van der Waals surface area contributed by atoms with E-state index in [1.165, 1.54) is 0 Å². The number of hydrogen-bond acceptors (Lipinski definition) is 6. The lowest BCUT2D eigenvalue weighted by molar-refractivity contribution is 0.0498. The van der Waals surface area contributed by atoms with Crippen molar-refractivity contribution in [2.75, 3.05) is 19.8 Å². The molecule has 2 aromatic rings. The summed E-state index contributed by atoms with van der Waals surface area (Å²) < 4.78 is 12.8. The number of aromatic nitrogens is 4. The molecule has 3 heterocycles. The lowest BCUT2D eigenvalue weighted by Crippen LogP contribution is -2.41. The van der Waals surface area contributed by atoms with Crippen LogP contribution in [0.5, 0.6) is 0 Å². The van der Waals surface area contributed by atoms with Gasteiger partial charge in [-0.05, 0) is 19.4 Å². The Hall–Kier alpha value is -1.73. The van der Waals surface area contributed by atoms with Gasteiger partial charge >= 0.3 is 0 Å². The molecule has 2 unspecified atom stereocenters. The van der Waals surface area contributed by atoms with Crippen LogP contribution in [-0.2, 0) is 11.8 Å². The fraction of sp³-hybridized carbons (Fsp3) is 0.643. The molecule has 0 radical (unpaired) electrons. The minimum Gasteiger partial charge on any atom is -0.381 e. The first-order chi connectivity index (χ1) is 10.3. The number of nitrogens with one attached hydrogen (secondary N) is 1. The third-order valence-corrected chi connectivity index (χ3v) is 3.73. The molecule has 114 valence electrons. The van der Waals surface area contributed by atoms with E-state index in [-0.39, 0.29) is 5.92 Å². The van der Waals surface area contributed by atoms with Gasteiger partial charge in [-0.1, -0.05) is 12.1 Å². The largest absolute Gasteiger partial charge is 0.381 e. The van der Waals surface area contributed by atoms with Crippen LogP contribution in [0.2, 0.25) is 0 Å². The summed E-state index contributed by atoms with van der Waals surface area (Å²) in [6.45, 7) is 4.55. The molecule has 0 saturated carbocycles. The molecule has 1 fully saturated rings. The molecule has 2 aromatic heterocycles. The zero-order valence-corrected chi connectivity index (χ0v) is 12.5. The fourth-order valence-corrected chi connectivity index (χ4v) is 2.60. The Morgan fingerprint density at radius 1 is 1.48 bits per heavy atom. The normalized spacial score (nSPS) is 22.6. The third-order valence-electron chi connectivity index (χ3n) is 3.73. The number of nitrogens with zero attached hydrogens (tertiary/aromatic N) is 4. The van der Waals surface area contributed by atoms with Gasteiger partial charge in [0.1, 0.15) is 0 Å². The Balaban J connectivity index is 1.77. The molecular formula is C14H21N5O2. The molecule has 2 atom stereocenters. The van der Waals surface area contributed by atoms with Gasteiger partial charge in [0.2, 0.25) is 11.7 Å². The number of hydrogen-bond donors (Lipinski definition) is 1. The van der Waals surface area contributed by atoms with Gasteiger partial charge in [0.15, 0.2) is 0 Å². The Morgan fingerprint density at radius 2 is 2.38 bits per heavy atom. The van der Waals surface area contributed by atoms with Crippen molar-refractivity contribution in [3.8, 4) is 11.4 Å².